The topological polar surface area (TPSA) is 21.7 Å². The fourth-order valence-corrected chi connectivity index (χ4v) is 2.81. The van der Waals surface area contributed by atoms with Crippen molar-refractivity contribution in [2.75, 3.05) is 33.9 Å². The summed E-state index contributed by atoms with van der Waals surface area (Å²) < 4.78 is 10.9. The van der Waals surface area contributed by atoms with Gasteiger partial charge in [0.1, 0.15) is 5.75 Å². The average molecular weight is 284 g/mol. The van der Waals surface area contributed by atoms with Crippen molar-refractivity contribution in [1.29, 1.82) is 0 Å². The maximum atomic E-state index is 6.06. The van der Waals surface area contributed by atoms with E-state index in [0.717, 1.165) is 42.6 Å². The molecule has 19 heavy (non-hydrogen) atoms. The van der Waals surface area contributed by atoms with Crippen molar-refractivity contribution in [3.05, 3.63) is 28.8 Å². The molecule has 0 saturated carbocycles. The molecule has 0 N–H and O–H groups in total. The van der Waals surface area contributed by atoms with Crippen LogP contribution in [-0.2, 0) is 11.3 Å². The van der Waals surface area contributed by atoms with E-state index in [1.54, 1.807) is 7.11 Å². The van der Waals surface area contributed by atoms with Crippen LogP contribution in [0, 0.1) is 5.92 Å². The molecule has 3 nitrogen and oxygen atoms in total. The summed E-state index contributed by atoms with van der Waals surface area (Å²) in [5, 5.41) is 0.755. The van der Waals surface area contributed by atoms with Crippen LogP contribution in [0.1, 0.15) is 18.4 Å². The van der Waals surface area contributed by atoms with E-state index in [2.05, 4.69) is 11.9 Å². The van der Waals surface area contributed by atoms with Gasteiger partial charge in [-0.2, -0.15) is 0 Å². The van der Waals surface area contributed by atoms with Crippen LogP contribution in [0.5, 0.6) is 5.75 Å². The van der Waals surface area contributed by atoms with Crippen molar-refractivity contribution in [1.82, 2.24) is 4.90 Å². The van der Waals surface area contributed by atoms with Crippen molar-refractivity contribution in [2.45, 2.75) is 19.4 Å². The van der Waals surface area contributed by atoms with E-state index in [4.69, 9.17) is 21.1 Å². The molecule has 0 spiro atoms. The van der Waals surface area contributed by atoms with Crippen LogP contribution in [0.2, 0.25) is 5.02 Å². The van der Waals surface area contributed by atoms with Gasteiger partial charge in [-0.25, -0.2) is 0 Å². The molecule has 1 aliphatic rings. The zero-order valence-corrected chi connectivity index (χ0v) is 12.4. The number of hydrogen-bond acceptors (Lipinski definition) is 3. The van der Waals surface area contributed by atoms with Gasteiger partial charge >= 0.3 is 0 Å². The molecule has 4 heteroatoms. The Labute approximate surface area is 120 Å². The molecular formula is C15H22ClNO2. The van der Waals surface area contributed by atoms with Gasteiger partial charge in [0.05, 0.1) is 13.7 Å². The normalized spacial score (nSPS) is 19.7. The summed E-state index contributed by atoms with van der Waals surface area (Å²) in [6.45, 7) is 3.70. The van der Waals surface area contributed by atoms with Crippen molar-refractivity contribution in [3.8, 4) is 5.75 Å². The predicted octanol–water partition coefficient (Wildman–Crippen LogP) is 3.21. The van der Waals surface area contributed by atoms with Gasteiger partial charge < -0.3 is 14.4 Å². The molecule has 1 aliphatic heterocycles. The minimum absolute atomic E-state index is 0.643. The SMILES string of the molecule is COc1ccc(Cl)cc1CN(C)CC1CCCOC1. The van der Waals surface area contributed by atoms with Gasteiger partial charge in [0, 0.05) is 30.3 Å². The lowest BCUT2D eigenvalue weighted by Gasteiger charge is -2.27. The Balaban J connectivity index is 1.93. The van der Waals surface area contributed by atoms with Gasteiger partial charge in [-0.05, 0) is 44.0 Å². The highest BCUT2D eigenvalue weighted by atomic mass is 35.5. The fourth-order valence-electron chi connectivity index (χ4n) is 2.62. The summed E-state index contributed by atoms with van der Waals surface area (Å²) >= 11 is 6.06. The maximum absolute atomic E-state index is 6.06. The van der Waals surface area contributed by atoms with E-state index in [0.29, 0.717) is 5.92 Å². The summed E-state index contributed by atoms with van der Waals surface area (Å²) in [4.78, 5) is 2.31. The molecule has 0 aromatic heterocycles. The molecule has 1 aromatic rings. The molecule has 0 radical (unpaired) electrons. The Kier molecular flexibility index (Phi) is 5.49. The van der Waals surface area contributed by atoms with Crippen LogP contribution >= 0.6 is 11.6 Å². The standard InChI is InChI=1S/C15H22ClNO2/c1-17(9-12-4-3-7-19-11-12)10-13-8-14(16)5-6-15(13)18-2/h5-6,8,12H,3-4,7,9-11H2,1-2H3. The first-order valence-corrected chi connectivity index (χ1v) is 7.15. The average Bonchev–Trinajstić information content (AvgIpc) is 2.40. The molecule has 0 amide bonds. The minimum atomic E-state index is 0.643. The molecule has 0 bridgehead atoms. The second-order valence-electron chi connectivity index (χ2n) is 5.24. The molecule has 1 saturated heterocycles. The van der Waals surface area contributed by atoms with Crippen LogP contribution in [0.4, 0.5) is 0 Å². The van der Waals surface area contributed by atoms with E-state index >= 15 is 0 Å². The number of ether oxygens (including phenoxy) is 2. The molecule has 0 aliphatic carbocycles. The molecule has 1 aromatic carbocycles. The number of rotatable bonds is 5. The number of nitrogens with zero attached hydrogens (tertiary/aromatic N) is 1. The van der Waals surface area contributed by atoms with Gasteiger partial charge in [-0.1, -0.05) is 11.6 Å². The van der Waals surface area contributed by atoms with Gasteiger partial charge in [0.25, 0.3) is 0 Å². The molecule has 1 unspecified atom stereocenters. The number of benzene rings is 1. The van der Waals surface area contributed by atoms with Gasteiger partial charge in [-0.15, -0.1) is 0 Å². The highest BCUT2D eigenvalue weighted by Crippen LogP contribution is 2.24. The first kappa shape index (κ1) is 14.6. The Morgan fingerprint density at radius 1 is 1.47 bits per heavy atom. The summed E-state index contributed by atoms with van der Waals surface area (Å²) in [5.41, 5.74) is 1.13. The number of halogens is 1. The highest BCUT2D eigenvalue weighted by molar-refractivity contribution is 6.30. The van der Waals surface area contributed by atoms with Crippen molar-refractivity contribution >= 4 is 11.6 Å². The molecule has 1 heterocycles. The molecule has 1 fully saturated rings. The van der Waals surface area contributed by atoms with Crippen LogP contribution in [0.15, 0.2) is 18.2 Å². The zero-order chi connectivity index (χ0) is 13.7. The third kappa shape index (κ3) is 4.37. The van der Waals surface area contributed by atoms with Crippen molar-refractivity contribution in [3.63, 3.8) is 0 Å². The summed E-state index contributed by atoms with van der Waals surface area (Å²) in [5.74, 6) is 1.54. The molecule has 2 rings (SSSR count). The summed E-state index contributed by atoms with van der Waals surface area (Å²) in [7, 11) is 3.83. The zero-order valence-electron chi connectivity index (χ0n) is 11.7. The quantitative estimate of drug-likeness (QED) is 0.828. The monoisotopic (exact) mass is 283 g/mol. The van der Waals surface area contributed by atoms with Crippen molar-refractivity contribution in [2.24, 2.45) is 5.92 Å². The third-order valence-electron chi connectivity index (χ3n) is 3.51. The fraction of sp³-hybridized carbons (Fsp3) is 0.600. The largest absolute Gasteiger partial charge is 0.496 e. The molecule has 1 atom stereocenters. The first-order valence-electron chi connectivity index (χ1n) is 6.77. The Bertz CT molecular complexity index is 405. The van der Waals surface area contributed by atoms with Crippen LogP contribution in [0.25, 0.3) is 0 Å². The second kappa shape index (κ2) is 7.13. The minimum Gasteiger partial charge on any atom is -0.496 e. The number of methoxy groups -OCH3 is 1. The van der Waals surface area contributed by atoms with E-state index in [1.165, 1.54) is 12.8 Å². The van der Waals surface area contributed by atoms with E-state index in [-0.39, 0.29) is 0 Å². The van der Waals surface area contributed by atoms with E-state index in [9.17, 15) is 0 Å². The highest BCUT2D eigenvalue weighted by Gasteiger charge is 2.16. The van der Waals surface area contributed by atoms with E-state index < -0.39 is 0 Å². The molecule has 106 valence electrons. The smallest absolute Gasteiger partial charge is 0.123 e. The van der Waals surface area contributed by atoms with Gasteiger partial charge in [0.15, 0.2) is 0 Å². The lowest BCUT2D eigenvalue weighted by atomic mass is 10.0. The van der Waals surface area contributed by atoms with Gasteiger partial charge in [0.2, 0.25) is 0 Å². The maximum Gasteiger partial charge on any atom is 0.123 e. The summed E-state index contributed by atoms with van der Waals surface area (Å²) in [6, 6.07) is 5.77. The predicted molar refractivity (Wildman–Crippen MR) is 77.9 cm³/mol. The lowest BCUT2D eigenvalue weighted by Crippen LogP contribution is -2.30. The van der Waals surface area contributed by atoms with Gasteiger partial charge in [-0.3, -0.25) is 0 Å². The first-order chi connectivity index (χ1) is 9.19. The Hall–Kier alpha value is -0.770. The van der Waals surface area contributed by atoms with Crippen molar-refractivity contribution < 1.29 is 9.47 Å². The van der Waals surface area contributed by atoms with Crippen LogP contribution in [-0.4, -0.2) is 38.8 Å². The summed E-state index contributed by atoms with van der Waals surface area (Å²) in [6.07, 6.45) is 2.44. The lowest BCUT2D eigenvalue weighted by molar-refractivity contribution is 0.0411. The Morgan fingerprint density at radius 3 is 3.00 bits per heavy atom. The number of hydrogen-bond donors (Lipinski definition) is 0. The third-order valence-corrected chi connectivity index (χ3v) is 3.74. The van der Waals surface area contributed by atoms with Crippen LogP contribution in [0.3, 0.4) is 0 Å². The van der Waals surface area contributed by atoms with Crippen LogP contribution < -0.4 is 4.74 Å². The Morgan fingerprint density at radius 2 is 2.32 bits per heavy atom. The molecular weight excluding hydrogens is 262 g/mol. The van der Waals surface area contributed by atoms with E-state index in [1.807, 2.05) is 18.2 Å². The second-order valence-corrected chi connectivity index (χ2v) is 5.67.